The maximum absolute atomic E-state index is 11.6. The fraction of sp³-hybridized carbons (Fsp3) is 0.917. The highest BCUT2D eigenvalue weighted by Gasteiger charge is 2.20. The third-order valence-electron chi connectivity index (χ3n) is 2.69. The molecule has 0 unspecified atom stereocenters. The normalized spacial score (nSPS) is 16.8. The molecule has 0 aromatic rings. The SMILES string of the molecule is CN(CCNC1CCC1)C(=O)OC(C)(C)C. The van der Waals surface area contributed by atoms with E-state index in [0.717, 1.165) is 6.54 Å². The van der Waals surface area contributed by atoms with Crippen LogP contribution in [0.15, 0.2) is 0 Å². The summed E-state index contributed by atoms with van der Waals surface area (Å²) in [6, 6.07) is 0.673. The van der Waals surface area contributed by atoms with Crippen LogP contribution in [0, 0.1) is 0 Å². The lowest BCUT2D eigenvalue weighted by Crippen LogP contribution is -2.42. The van der Waals surface area contributed by atoms with Gasteiger partial charge in [0.2, 0.25) is 0 Å². The largest absolute Gasteiger partial charge is 0.444 e. The first kappa shape index (κ1) is 13.3. The molecule has 1 aliphatic rings. The lowest BCUT2D eigenvalue weighted by molar-refractivity contribution is 0.0298. The van der Waals surface area contributed by atoms with Gasteiger partial charge in [0.25, 0.3) is 0 Å². The van der Waals surface area contributed by atoms with Crippen LogP contribution in [0.1, 0.15) is 40.0 Å². The zero-order valence-electron chi connectivity index (χ0n) is 10.9. The van der Waals surface area contributed by atoms with Crippen molar-refractivity contribution in [3.8, 4) is 0 Å². The minimum atomic E-state index is -0.410. The van der Waals surface area contributed by atoms with Gasteiger partial charge in [-0.1, -0.05) is 6.42 Å². The molecule has 4 heteroatoms. The predicted octanol–water partition coefficient (Wildman–Crippen LogP) is 2.00. The number of hydrogen-bond donors (Lipinski definition) is 1. The molecule has 1 amide bonds. The molecular weight excluding hydrogens is 204 g/mol. The number of carbonyl (C=O) groups excluding carboxylic acids is 1. The fourth-order valence-corrected chi connectivity index (χ4v) is 1.48. The van der Waals surface area contributed by atoms with E-state index in [1.807, 2.05) is 20.8 Å². The van der Waals surface area contributed by atoms with Gasteiger partial charge in [0, 0.05) is 26.2 Å². The molecule has 0 atom stereocenters. The summed E-state index contributed by atoms with van der Waals surface area (Å²) in [7, 11) is 1.77. The summed E-state index contributed by atoms with van der Waals surface area (Å²) in [5, 5.41) is 3.42. The van der Waals surface area contributed by atoms with Crippen molar-refractivity contribution in [3.63, 3.8) is 0 Å². The van der Waals surface area contributed by atoms with Gasteiger partial charge in [-0.25, -0.2) is 4.79 Å². The molecule has 0 spiro atoms. The summed E-state index contributed by atoms with van der Waals surface area (Å²) in [5.41, 5.74) is -0.410. The van der Waals surface area contributed by atoms with E-state index >= 15 is 0 Å². The van der Waals surface area contributed by atoms with Crippen LogP contribution in [0.4, 0.5) is 4.79 Å². The van der Waals surface area contributed by atoms with Gasteiger partial charge in [-0.2, -0.15) is 0 Å². The minimum absolute atomic E-state index is 0.247. The number of rotatable bonds is 4. The van der Waals surface area contributed by atoms with Crippen molar-refractivity contribution in [3.05, 3.63) is 0 Å². The second-order valence-corrected chi connectivity index (χ2v) is 5.48. The van der Waals surface area contributed by atoms with Gasteiger partial charge >= 0.3 is 6.09 Å². The van der Waals surface area contributed by atoms with Crippen LogP contribution in [0.2, 0.25) is 0 Å². The molecule has 1 fully saturated rings. The average molecular weight is 228 g/mol. The van der Waals surface area contributed by atoms with Crippen molar-refractivity contribution in [2.24, 2.45) is 0 Å². The highest BCUT2D eigenvalue weighted by molar-refractivity contribution is 5.67. The number of amides is 1. The fourth-order valence-electron chi connectivity index (χ4n) is 1.48. The van der Waals surface area contributed by atoms with Crippen molar-refractivity contribution in [1.82, 2.24) is 10.2 Å². The maximum atomic E-state index is 11.6. The summed E-state index contributed by atoms with van der Waals surface area (Å²) in [4.78, 5) is 13.2. The van der Waals surface area contributed by atoms with E-state index in [9.17, 15) is 4.79 Å². The number of nitrogens with one attached hydrogen (secondary N) is 1. The van der Waals surface area contributed by atoms with Crippen LogP contribution in [0.5, 0.6) is 0 Å². The molecule has 0 aliphatic heterocycles. The van der Waals surface area contributed by atoms with Gasteiger partial charge in [-0.05, 0) is 33.6 Å². The lowest BCUT2D eigenvalue weighted by Gasteiger charge is -2.28. The first-order valence-corrected chi connectivity index (χ1v) is 6.06. The Labute approximate surface area is 98.3 Å². The van der Waals surface area contributed by atoms with Gasteiger partial charge in [0.1, 0.15) is 5.60 Å². The summed E-state index contributed by atoms with van der Waals surface area (Å²) in [5.74, 6) is 0. The number of nitrogens with zero attached hydrogens (tertiary/aromatic N) is 1. The molecule has 0 heterocycles. The highest BCUT2D eigenvalue weighted by Crippen LogP contribution is 2.17. The quantitative estimate of drug-likeness (QED) is 0.800. The topological polar surface area (TPSA) is 41.6 Å². The van der Waals surface area contributed by atoms with E-state index < -0.39 is 5.60 Å². The molecule has 4 nitrogen and oxygen atoms in total. The van der Waals surface area contributed by atoms with Crippen LogP contribution < -0.4 is 5.32 Å². The Bertz CT molecular complexity index is 232. The first-order chi connectivity index (χ1) is 7.38. The molecule has 1 N–H and O–H groups in total. The van der Waals surface area contributed by atoms with Crippen LogP contribution >= 0.6 is 0 Å². The third kappa shape index (κ3) is 4.84. The van der Waals surface area contributed by atoms with E-state index in [0.29, 0.717) is 12.6 Å². The summed E-state index contributed by atoms with van der Waals surface area (Å²) < 4.78 is 5.26. The van der Waals surface area contributed by atoms with E-state index in [1.54, 1.807) is 11.9 Å². The van der Waals surface area contributed by atoms with E-state index in [-0.39, 0.29) is 6.09 Å². The van der Waals surface area contributed by atoms with Crippen molar-refractivity contribution in [2.75, 3.05) is 20.1 Å². The Balaban J connectivity index is 2.12. The summed E-state index contributed by atoms with van der Waals surface area (Å²) in [6.45, 7) is 7.19. The van der Waals surface area contributed by atoms with Gasteiger partial charge in [0.05, 0.1) is 0 Å². The van der Waals surface area contributed by atoms with Crippen molar-refractivity contribution in [2.45, 2.75) is 51.7 Å². The molecule has 1 rings (SSSR count). The molecule has 1 saturated carbocycles. The first-order valence-electron chi connectivity index (χ1n) is 6.06. The molecule has 94 valence electrons. The highest BCUT2D eigenvalue weighted by atomic mass is 16.6. The third-order valence-corrected chi connectivity index (χ3v) is 2.69. The Morgan fingerprint density at radius 2 is 2.06 bits per heavy atom. The van der Waals surface area contributed by atoms with Crippen molar-refractivity contribution in [1.29, 1.82) is 0 Å². The van der Waals surface area contributed by atoms with Crippen LogP contribution in [0.25, 0.3) is 0 Å². The molecule has 0 aromatic heterocycles. The minimum Gasteiger partial charge on any atom is -0.444 e. The Hall–Kier alpha value is -0.770. The zero-order valence-corrected chi connectivity index (χ0v) is 10.9. The number of ether oxygens (including phenoxy) is 1. The van der Waals surface area contributed by atoms with Gasteiger partial charge in [0.15, 0.2) is 0 Å². The predicted molar refractivity (Wildman–Crippen MR) is 64.5 cm³/mol. The Morgan fingerprint density at radius 1 is 1.44 bits per heavy atom. The maximum Gasteiger partial charge on any atom is 0.410 e. The smallest absolute Gasteiger partial charge is 0.410 e. The standard InChI is InChI=1S/C12H24N2O2/c1-12(2,3)16-11(15)14(4)9-8-13-10-6-5-7-10/h10,13H,5-9H2,1-4H3. The van der Waals surface area contributed by atoms with E-state index in [2.05, 4.69) is 5.32 Å². The summed E-state index contributed by atoms with van der Waals surface area (Å²) in [6.07, 6.45) is 3.63. The summed E-state index contributed by atoms with van der Waals surface area (Å²) >= 11 is 0. The molecule has 1 aliphatic carbocycles. The van der Waals surface area contributed by atoms with Gasteiger partial charge in [-0.3, -0.25) is 0 Å². The second kappa shape index (κ2) is 5.53. The number of hydrogen-bond acceptors (Lipinski definition) is 3. The number of likely N-dealkylation sites (N-methyl/N-ethyl adjacent to an activating group) is 1. The van der Waals surface area contributed by atoms with Gasteiger partial charge < -0.3 is 15.0 Å². The van der Waals surface area contributed by atoms with Crippen molar-refractivity contribution < 1.29 is 9.53 Å². The molecular formula is C12H24N2O2. The van der Waals surface area contributed by atoms with Crippen LogP contribution in [-0.2, 0) is 4.74 Å². The van der Waals surface area contributed by atoms with Crippen molar-refractivity contribution >= 4 is 6.09 Å². The molecule has 0 saturated heterocycles. The molecule has 0 radical (unpaired) electrons. The second-order valence-electron chi connectivity index (χ2n) is 5.48. The molecule has 0 bridgehead atoms. The monoisotopic (exact) mass is 228 g/mol. The number of carbonyl (C=O) groups is 1. The zero-order chi connectivity index (χ0) is 12.2. The molecule has 16 heavy (non-hydrogen) atoms. The van der Waals surface area contributed by atoms with Crippen LogP contribution in [-0.4, -0.2) is 42.8 Å². The lowest BCUT2D eigenvalue weighted by atomic mass is 9.93. The van der Waals surface area contributed by atoms with E-state index in [4.69, 9.17) is 4.74 Å². The van der Waals surface area contributed by atoms with Gasteiger partial charge in [-0.15, -0.1) is 0 Å². The Morgan fingerprint density at radius 3 is 2.50 bits per heavy atom. The molecule has 0 aromatic carbocycles. The average Bonchev–Trinajstić information content (AvgIpc) is 2.05. The van der Waals surface area contributed by atoms with E-state index in [1.165, 1.54) is 19.3 Å². The Kier molecular flexibility index (Phi) is 4.59. The van der Waals surface area contributed by atoms with Crippen LogP contribution in [0.3, 0.4) is 0 Å².